The van der Waals surface area contributed by atoms with E-state index in [1.807, 2.05) is 34.2 Å². The molecule has 1 aliphatic carbocycles. The quantitative estimate of drug-likeness (QED) is 0.367. The van der Waals surface area contributed by atoms with E-state index in [0.717, 1.165) is 55.0 Å². The van der Waals surface area contributed by atoms with E-state index in [1.54, 1.807) is 6.20 Å². The molecular weight excluding hydrogens is 512 g/mol. The molecule has 0 unspecified atom stereocenters. The smallest absolute Gasteiger partial charge is 0.246 e. The van der Waals surface area contributed by atoms with Crippen molar-refractivity contribution in [1.82, 2.24) is 24.8 Å². The molecular formula is C30H35ClN6O2. The largest absolute Gasteiger partial charge is 0.360 e. The van der Waals surface area contributed by atoms with Gasteiger partial charge in [0.25, 0.3) is 0 Å². The molecule has 0 spiro atoms. The number of aromatic amines is 1. The van der Waals surface area contributed by atoms with Gasteiger partial charge in [0.15, 0.2) is 0 Å². The number of likely N-dealkylation sites (tertiary alicyclic amines) is 1. The Hall–Kier alpha value is -3.65. The van der Waals surface area contributed by atoms with Gasteiger partial charge < -0.3 is 20.1 Å². The standard InChI is InChI=1S/C30H35ClN6O2/c1-3-27(38)36-15-13-20(14-16-36)19-37(28(39)4-2)22-11-9-21(10-12-22)34-30-33-18-25(31)29(35-30)24-17-32-26-8-6-5-7-23(24)26/h3-8,17-18,20-22,32H,1-2,9-16,19H2,(H,33,34,35). The predicted molar refractivity (Wildman–Crippen MR) is 155 cm³/mol. The van der Waals surface area contributed by atoms with Crippen molar-refractivity contribution in [3.05, 3.63) is 67.0 Å². The van der Waals surface area contributed by atoms with Gasteiger partial charge >= 0.3 is 0 Å². The van der Waals surface area contributed by atoms with Crippen molar-refractivity contribution in [3.63, 3.8) is 0 Å². The Bertz CT molecular complexity index is 1350. The molecule has 1 saturated heterocycles. The van der Waals surface area contributed by atoms with Crippen LogP contribution in [-0.2, 0) is 9.59 Å². The van der Waals surface area contributed by atoms with Crippen molar-refractivity contribution in [3.8, 4) is 11.3 Å². The van der Waals surface area contributed by atoms with Gasteiger partial charge in [0.1, 0.15) is 0 Å². The number of halogens is 1. The first kappa shape index (κ1) is 26.9. The molecule has 2 aliphatic rings. The van der Waals surface area contributed by atoms with E-state index in [9.17, 15) is 9.59 Å². The second-order valence-electron chi connectivity index (χ2n) is 10.5. The highest BCUT2D eigenvalue weighted by molar-refractivity contribution is 6.33. The van der Waals surface area contributed by atoms with E-state index in [2.05, 4.69) is 34.5 Å². The van der Waals surface area contributed by atoms with Gasteiger partial charge in [-0.3, -0.25) is 9.59 Å². The number of nitrogens with one attached hydrogen (secondary N) is 2. The Morgan fingerprint density at radius 2 is 1.85 bits per heavy atom. The fraction of sp³-hybridized carbons (Fsp3) is 0.400. The van der Waals surface area contributed by atoms with E-state index < -0.39 is 0 Å². The zero-order valence-corrected chi connectivity index (χ0v) is 22.9. The number of fused-ring (bicyclic) bond motifs is 1. The summed E-state index contributed by atoms with van der Waals surface area (Å²) in [5, 5.41) is 5.07. The molecule has 1 aliphatic heterocycles. The fourth-order valence-electron chi connectivity index (χ4n) is 5.89. The van der Waals surface area contributed by atoms with E-state index in [-0.39, 0.29) is 23.9 Å². The molecule has 2 aromatic heterocycles. The van der Waals surface area contributed by atoms with E-state index in [1.165, 1.54) is 12.2 Å². The van der Waals surface area contributed by atoms with Crippen LogP contribution < -0.4 is 5.32 Å². The Labute approximate surface area is 234 Å². The highest BCUT2D eigenvalue weighted by atomic mass is 35.5. The van der Waals surface area contributed by atoms with Crippen LogP contribution in [0, 0.1) is 5.92 Å². The van der Waals surface area contributed by atoms with Crippen LogP contribution >= 0.6 is 11.6 Å². The van der Waals surface area contributed by atoms with Gasteiger partial charge in [0, 0.05) is 54.4 Å². The molecule has 3 aromatic rings. The number of hydrogen-bond donors (Lipinski definition) is 2. The number of hydrogen-bond acceptors (Lipinski definition) is 5. The van der Waals surface area contributed by atoms with Gasteiger partial charge in [-0.2, -0.15) is 0 Å². The maximum atomic E-state index is 12.8. The molecule has 204 valence electrons. The number of carbonyl (C=O) groups excluding carboxylic acids is 2. The number of aromatic nitrogens is 3. The van der Waals surface area contributed by atoms with Crippen LogP contribution in [0.1, 0.15) is 38.5 Å². The first-order chi connectivity index (χ1) is 19.0. The summed E-state index contributed by atoms with van der Waals surface area (Å²) >= 11 is 6.50. The third-order valence-corrected chi connectivity index (χ3v) is 8.35. The number of amides is 2. The third-order valence-electron chi connectivity index (χ3n) is 8.07. The second-order valence-corrected chi connectivity index (χ2v) is 10.9. The van der Waals surface area contributed by atoms with E-state index >= 15 is 0 Å². The third kappa shape index (κ3) is 6.01. The molecule has 1 saturated carbocycles. The van der Waals surface area contributed by atoms with Crippen molar-refractivity contribution < 1.29 is 9.59 Å². The van der Waals surface area contributed by atoms with Crippen LogP contribution in [0.3, 0.4) is 0 Å². The molecule has 2 amide bonds. The lowest BCUT2D eigenvalue weighted by Gasteiger charge is -2.40. The van der Waals surface area contributed by atoms with Crippen LogP contribution in [0.15, 0.2) is 62.0 Å². The Morgan fingerprint density at radius 1 is 1.10 bits per heavy atom. The van der Waals surface area contributed by atoms with Crippen LogP contribution in [0.5, 0.6) is 0 Å². The van der Waals surface area contributed by atoms with Crippen LogP contribution in [-0.4, -0.2) is 68.3 Å². The van der Waals surface area contributed by atoms with Crippen molar-refractivity contribution in [2.24, 2.45) is 5.92 Å². The summed E-state index contributed by atoms with van der Waals surface area (Å²) in [6.45, 7) is 9.46. The van der Waals surface area contributed by atoms with Crippen LogP contribution in [0.25, 0.3) is 22.2 Å². The van der Waals surface area contributed by atoms with Crippen molar-refractivity contribution >= 4 is 40.3 Å². The van der Waals surface area contributed by atoms with Gasteiger partial charge in [-0.1, -0.05) is 43.0 Å². The SMILES string of the molecule is C=CC(=O)N1CCC(CN(C(=O)C=C)C2CCC(Nc3ncc(Cl)c(-c4c[nH]c5ccccc45)n3)CC2)CC1. The maximum absolute atomic E-state index is 12.8. The Morgan fingerprint density at radius 3 is 2.56 bits per heavy atom. The molecule has 0 atom stereocenters. The monoisotopic (exact) mass is 546 g/mol. The zero-order chi connectivity index (χ0) is 27.4. The Balaban J connectivity index is 1.20. The van der Waals surface area contributed by atoms with Gasteiger partial charge in [-0.15, -0.1) is 0 Å². The van der Waals surface area contributed by atoms with Gasteiger partial charge in [0.05, 0.1) is 16.9 Å². The summed E-state index contributed by atoms with van der Waals surface area (Å²) in [6.07, 6.45) is 11.8. The number of H-pyrrole nitrogens is 1. The highest BCUT2D eigenvalue weighted by Gasteiger charge is 2.31. The summed E-state index contributed by atoms with van der Waals surface area (Å²) in [4.78, 5) is 41.1. The molecule has 2 N–H and O–H groups in total. The molecule has 39 heavy (non-hydrogen) atoms. The van der Waals surface area contributed by atoms with E-state index in [4.69, 9.17) is 16.6 Å². The summed E-state index contributed by atoms with van der Waals surface area (Å²) in [5.41, 5.74) is 2.68. The number of anilines is 1. The molecule has 2 fully saturated rings. The summed E-state index contributed by atoms with van der Waals surface area (Å²) in [7, 11) is 0. The molecule has 5 rings (SSSR count). The average Bonchev–Trinajstić information content (AvgIpc) is 3.41. The minimum absolute atomic E-state index is 0.0135. The first-order valence-corrected chi connectivity index (χ1v) is 14.0. The topological polar surface area (TPSA) is 94.2 Å². The van der Waals surface area contributed by atoms with E-state index in [0.29, 0.717) is 42.2 Å². The number of rotatable bonds is 8. The number of para-hydroxylation sites is 1. The lowest BCUT2D eigenvalue weighted by molar-refractivity contribution is -0.131. The van der Waals surface area contributed by atoms with Gasteiger partial charge in [-0.25, -0.2) is 9.97 Å². The minimum Gasteiger partial charge on any atom is -0.360 e. The van der Waals surface area contributed by atoms with Crippen LogP contribution in [0.4, 0.5) is 5.95 Å². The summed E-state index contributed by atoms with van der Waals surface area (Å²) in [5.74, 6) is 0.906. The van der Waals surface area contributed by atoms with Crippen molar-refractivity contribution in [2.45, 2.75) is 50.6 Å². The zero-order valence-electron chi connectivity index (χ0n) is 22.1. The second kappa shape index (κ2) is 12.0. The molecule has 9 heteroatoms. The van der Waals surface area contributed by atoms with Gasteiger partial charge in [0.2, 0.25) is 17.8 Å². The number of piperidine rings is 1. The lowest BCUT2D eigenvalue weighted by Crippen LogP contribution is -2.47. The normalized spacial score (nSPS) is 20.0. The highest BCUT2D eigenvalue weighted by Crippen LogP contribution is 2.33. The van der Waals surface area contributed by atoms with Crippen molar-refractivity contribution in [1.29, 1.82) is 0 Å². The number of nitrogens with zero attached hydrogens (tertiary/aromatic N) is 4. The molecule has 8 nitrogen and oxygen atoms in total. The fourth-order valence-corrected chi connectivity index (χ4v) is 6.08. The number of benzene rings is 1. The molecule has 1 aromatic carbocycles. The summed E-state index contributed by atoms with van der Waals surface area (Å²) < 4.78 is 0. The molecule has 3 heterocycles. The number of carbonyl (C=O) groups is 2. The van der Waals surface area contributed by atoms with Crippen molar-refractivity contribution in [2.75, 3.05) is 25.0 Å². The van der Waals surface area contributed by atoms with Gasteiger partial charge in [-0.05, 0) is 62.7 Å². The minimum atomic E-state index is -0.0171. The average molecular weight is 547 g/mol. The first-order valence-electron chi connectivity index (χ1n) is 13.7. The maximum Gasteiger partial charge on any atom is 0.246 e. The summed E-state index contributed by atoms with van der Waals surface area (Å²) in [6, 6.07) is 8.46. The molecule has 0 radical (unpaired) electrons. The Kier molecular flexibility index (Phi) is 8.31. The molecule has 0 bridgehead atoms. The predicted octanol–water partition coefficient (Wildman–Crippen LogP) is 5.44. The van der Waals surface area contributed by atoms with Crippen LogP contribution in [0.2, 0.25) is 5.02 Å². The lowest BCUT2D eigenvalue weighted by atomic mass is 9.88.